The van der Waals surface area contributed by atoms with Crippen LogP contribution >= 0.6 is 0 Å². The highest BCUT2D eigenvalue weighted by molar-refractivity contribution is 5.73. The van der Waals surface area contributed by atoms with Crippen LogP contribution in [0.2, 0.25) is 0 Å². The third kappa shape index (κ3) is 7.47. The fourth-order valence-electron chi connectivity index (χ4n) is 15.7. The van der Waals surface area contributed by atoms with Crippen molar-refractivity contribution in [2.75, 3.05) is 19.8 Å². The summed E-state index contributed by atoms with van der Waals surface area (Å²) < 4.78 is 36.3. The van der Waals surface area contributed by atoms with Crippen molar-refractivity contribution in [3.05, 3.63) is 11.6 Å². The van der Waals surface area contributed by atoms with Crippen LogP contribution in [-0.2, 0) is 33.2 Å². The fourth-order valence-corrected chi connectivity index (χ4v) is 15.7. The van der Waals surface area contributed by atoms with Gasteiger partial charge in [0.25, 0.3) is 0 Å². The van der Waals surface area contributed by atoms with Crippen molar-refractivity contribution < 1.29 is 99.6 Å². The van der Waals surface area contributed by atoms with E-state index >= 15 is 0 Å². The van der Waals surface area contributed by atoms with Crippen molar-refractivity contribution in [2.24, 2.45) is 56.2 Å². The first-order valence-electron chi connectivity index (χ1n) is 24.5. The molecule has 5 aliphatic carbocycles. The Kier molecular flexibility index (Phi) is 14.1. The normalized spacial score (nSPS) is 55.3. The number of rotatable bonds is 10. The highest BCUT2D eigenvalue weighted by Gasteiger charge is 2.74. The molecule has 4 saturated carbocycles. The first kappa shape index (κ1) is 52.8. The number of aliphatic hydroxyl groups is 12. The Hall–Kier alpha value is -1.51. The van der Waals surface area contributed by atoms with Crippen LogP contribution in [0.1, 0.15) is 93.9 Å². The summed E-state index contributed by atoms with van der Waals surface area (Å²) in [7, 11) is 0. The Morgan fingerprint density at radius 2 is 1.24 bits per heavy atom. The molecule has 0 amide bonds. The molecule has 0 aromatic carbocycles. The third-order valence-electron chi connectivity index (χ3n) is 19.9. The van der Waals surface area contributed by atoms with E-state index in [1.165, 1.54) is 0 Å². The summed E-state index contributed by atoms with van der Waals surface area (Å²) in [5, 5.41) is 143. The highest BCUT2D eigenvalue weighted by Crippen LogP contribution is 2.76. The Labute approximate surface area is 396 Å². The molecule has 0 radical (unpaired) electrons. The van der Waals surface area contributed by atoms with Crippen LogP contribution < -0.4 is 0 Å². The van der Waals surface area contributed by atoms with Crippen LogP contribution in [0.15, 0.2) is 11.6 Å². The quantitative estimate of drug-likeness (QED) is 0.0876. The summed E-state index contributed by atoms with van der Waals surface area (Å²) in [6, 6.07) is 0. The lowest BCUT2D eigenvalue weighted by Crippen LogP contribution is -2.74. The lowest BCUT2D eigenvalue weighted by Gasteiger charge is -2.73. The standard InChI is InChI=1S/C48H78O20/c1-19-36(58)43(2,3)15-21-20-9-10-25-45(6)13-12-26(44(4,5)24(45)11-14-46(25,7)47(20,8)37(59)38(60)48(19,21)18-51)65-42-35(68-41-31(56)29(54)27(52)22(16-49)63-41)33(32(57)34(67-42)39(61)62)66-40-30(55)28(53)23(17-50)64-40/h9,19,21-38,40-42,49-60H,10-18H2,1-8H3,(H,61,62)/t19-,21?,22?,23+,24?,25?,26-,27-,28?,29-,30-,31?,32+,33-,34?,35?,36-,37-,38+,40-,41-,42+,45-,46+,47-,48-/m0/s1. The average molecular weight is 975 g/mol. The van der Waals surface area contributed by atoms with Crippen molar-refractivity contribution in [3.63, 3.8) is 0 Å². The topological polar surface area (TPSA) is 335 Å². The van der Waals surface area contributed by atoms with Crippen LogP contribution in [0.25, 0.3) is 0 Å². The van der Waals surface area contributed by atoms with Crippen molar-refractivity contribution in [2.45, 2.75) is 204 Å². The van der Waals surface area contributed by atoms with Gasteiger partial charge in [-0.2, -0.15) is 0 Å². The zero-order valence-corrected chi connectivity index (χ0v) is 40.3. The summed E-state index contributed by atoms with van der Waals surface area (Å²) in [6.45, 7) is 14.6. The minimum atomic E-state index is -2.09. The third-order valence-corrected chi connectivity index (χ3v) is 19.9. The van der Waals surface area contributed by atoms with E-state index in [-0.39, 0.29) is 17.8 Å². The molecule has 0 aromatic heterocycles. The van der Waals surface area contributed by atoms with E-state index in [9.17, 15) is 71.2 Å². The number of aliphatic carboxylic acids is 1. The Bertz CT molecular complexity index is 1880. The molecule has 26 atom stereocenters. The van der Waals surface area contributed by atoms with Crippen LogP contribution in [-0.4, -0.2) is 203 Å². The van der Waals surface area contributed by atoms with Crippen molar-refractivity contribution in [1.82, 2.24) is 0 Å². The molecule has 8 rings (SSSR count). The average Bonchev–Trinajstić information content (AvgIpc) is 3.55. The summed E-state index contributed by atoms with van der Waals surface area (Å²) in [4.78, 5) is 12.8. The van der Waals surface area contributed by atoms with Crippen molar-refractivity contribution >= 4 is 5.97 Å². The van der Waals surface area contributed by atoms with Gasteiger partial charge in [0.05, 0.1) is 44.2 Å². The number of hydrogen-bond donors (Lipinski definition) is 13. The van der Waals surface area contributed by atoms with Gasteiger partial charge in [-0.25, -0.2) is 4.79 Å². The maximum absolute atomic E-state index is 12.8. The zero-order chi connectivity index (χ0) is 50.2. The minimum Gasteiger partial charge on any atom is -0.479 e. The van der Waals surface area contributed by atoms with Gasteiger partial charge in [-0.3, -0.25) is 0 Å². The van der Waals surface area contributed by atoms with Crippen LogP contribution in [0.4, 0.5) is 0 Å². The van der Waals surface area contributed by atoms with E-state index in [2.05, 4.69) is 26.8 Å². The molecule has 68 heavy (non-hydrogen) atoms. The second-order valence-corrected chi connectivity index (χ2v) is 23.6. The van der Waals surface area contributed by atoms with E-state index in [0.717, 1.165) is 5.57 Å². The maximum Gasteiger partial charge on any atom is 0.335 e. The molecule has 20 heteroatoms. The molecule has 0 aromatic rings. The molecule has 0 bridgehead atoms. The van der Waals surface area contributed by atoms with Gasteiger partial charge in [0.15, 0.2) is 25.0 Å². The molecule has 8 aliphatic rings. The lowest BCUT2D eigenvalue weighted by atomic mass is 9.32. The van der Waals surface area contributed by atoms with E-state index in [0.29, 0.717) is 38.5 Å². The molecule has 7 fully saturated rings. The number of allylic oxidation sites excluding steroid dienone is 1. The predicted octanol–water partition coefficient (Wildman–Crippen LogP) is -1.50. The first-order chi connectivity index (χ1) is 31.6. The summed E-state index contributed by atoms with van der Waals surface area (Å²) in [5.41, 5.74) is -3.20. The largest absolute Gasteiger partial charge is 0.479 e. The molecule has 8 unspecified atom stereocenters. The van der Waals surface area contributed by atoms with Gasteiger partial charge in [-0.05, 0) is 83.9 Å². The molecule has 3 heterocycles. The molecule has 20 nitrogen and oxygen atoms in total. The molecule has 390 valence electrons. The number of ether oxygens (including phenoxy) is 6. The van der Waals surface area contributed by atoms with Gasteiger partial charge in [0.1, 0.15) is 61.0 Å². The first-order valence-corrected chi connectivity index (χ1v) is 24.5. The predicted molar refractivity (Wildman–Crippen MR) is 233 cm³/mol. The maximum atomic E-state index is 12.8. The molecular formula is C48H78O20. The lowest BCUT2D eigenvalue weighted by molar-refractivity contribution is -0.386. The van der Waals surface area contributed by atoms with E-state index < -0.39 is 175 Å². The van der Waals surface area contributed by atoms with Gasteiger partial charge >= 0.3 is 5.97 Å². The Balaban J connectivity index is 1.12. The van der Waals surface area contributed by atoms with Gasteiger partial charge in [0, 0.05) is 10.8 Å². The van der Waals surface area contributed by atoms with Gasteiger partial charge in [-0.1, -0.05) is 67.0 Å². The second kappa shape index (κ2) is 18.2. The molecule has 3 aliphatic heterocycles. The van der Waals surface area contributed by atoms with Crippen molar-refractivity contribution in [3.8, 4) is 0 Å². The van der Waals surface area contributed by atoms with Gasteiger partial charge < -0.3 is 94.8 Å². The number of aliphatic hydroxyl groups excluding tert-OH is 12. The molecule has 0 spiro atoms. The summed E-state index contributed by atoms with van der Waals surface area (Å²) >= 11 is 0. The smallest absolute Gasteiger partial charge is 0.335 e. The van der Waals surface area contributed by atoms with Crippen LogP contribution in [0.3, 0.4) is 0 Å². The molecular weight excluding hydrogens is 897 g/mol. The number of hydrogen-bond acceptors (Lipinski definition) is 19. The van der Waals surface area contributed by atoms with Gasteiger partial charge in [-0.15, -0.1) is 0 Å². The molecule has 13 N–H and O–H groups in total. The van der Waals surface area contributed by atoms with Crippen LogP contribution in [0, 0.1) is 56.2 Å². The monoisotopic (exact) mass is 975 g/mol. The fraction of sp³-hybridized carbons (Fsp3) is 0.938. The number of fused-ring (bicyclic) bond motifs is 7. The van der Waals surface area contributed by atoms with Crippen LogP contribution in [0.5, 0.6) is 0 Å². The SMILES string of the molecule is C[C@H]1[C@H](O)C(C)(C)CC2C3=CCC4[C@@]5(C)CC[C@H](O[C@@H]6OC(C(=O)O)[C@H](O)[C@H](O[C@@H]7O[C@H](CO)C(O)[C@@H]7O)C6O[C@@H]6OC(CO)[C@H](O)[C@H](O)C6O)C(C)(C)C5CC[C@@]4(C)[C@]3(C)[C@@H](O)[C@@H](O)[C@]21CO. The summed E-state index contributed by atoms with van der Waals surface area (Å²) in [6.07, 6.45) is -23.3. The summed E-state index contributed by atoms with van der Waals surface area (Å²) in [5.74, 6) is -2.50. The van der Waals surface area contributed by atoms with E-state index in [1.54, 1.807) is 0 Å². The van der Waals surface area contributed by atoms with Crippen molar-refractivity contribution in [1.29, 1.82) is 0 Å². The minimum absolute atomic E-state index is 0.0146. The highest BCUT2D eigenvalue weighted by atomic mass is 16.8. The van der Waals surface area contributed by atoms with E-state index in [4.69, 9.17) is 28.4 Å². The Morgan fingerprint density at radius 1 is 0.662 bits per heavy atom. The molecule has 3 saturated heterocycles. The number of carbonyl (C=O) groups is 1. The van der Waals surface area contributed by atoms with Gasteiger partial charge in [0.2, 0.25) is 0 Å². The zero-order valence-electron chi connectivity index (χ0n) is 40.3. The van der Waals surface area contributed by atoms with E-state index in [1.807, 2.05) is 34.6 Å². The second-order valence-electron chi connectivity index (χ2n) is 23.6. The Morgan fingerprint density at radius 3 is 1.81 bits per heavy atom. The number of carboxylic acid groups (broad SMARTS) is 1. The number of carboxylic acids is 1.